The molecule has 1 nitrogen and oxygen atoms in total. The van der Waals surface area contributed by atoms with Gasteiger partial charge in [0.05, 0.1) is 0 Å². The molecule has 0 spiro atoms. The Hall–Kier alpha value is -1.38. The van der Waals surface area contributed by atoms with Gasteiger partial charge in [-0.1, -0.05) is 81.4 Å². The maximum atomic E-state index is 6.83. The van der Waals surface area contributed by atoms with E-state index >= 15 is 0 Å². The van der Waals surface area contributed by atoms with Crippen LogP contribution in [0.2, 0.25) is 5.04 Å². The molecule has 2 aromatic rings. The van der Waals surface area contributed by atoms with Crippen LogP contribution in [-0.2, 0) is 4.43 Å². The molecule has 1 fully saturated rings. The molecule has 2 heteroatoms. The Labute approximate surface area is 135 Å². The molecule has 116 valence electrons. The van der Waals surface area contributed by atoms with Gasteiger partial charge in [-0.3, -0.25) is 0 Å². The molecule has 0 N–H and O–H groups in total. The second-order valence-electron chi connectivity index (χ2n) is 7.42. The van der Waals surface area contributed by atoms with E-state index in [1.165, 1.54) is 23.2 Å². The molecule has 0 amide bonds. The topological polar surface area (TPSA) is 9.23 Å². The smallest absolute Gasteiger partial charge is 0.261 e. The monoisotopic (exact) mass is 310 g/mol. The van der Waals surface area contributed by atoms with Gasteiger partial charge in [0, 0.05) is 6.61 Å². The predicted octanol–water partition coefficient (Wildman–Crippen LogP) is 3.97. The first-order valence-corrected chi connectivity index (χ1v) is 10.2. The van der Waals surface area contributed by atoms with Gasteiger partial charge in [-0.15, -0.1) is 0 Å². The molecule has 0 radical (unpaired) electrons. The minimum absolute atomic E-state index is 0.102. The van der Waals surface area contributed by atoms with Crippen LogP contribution >= 0.6 is 0 Å². The zero-order valence-corrected chi connectivity index (χ0v) is 14.9. The van der Waals surface area contributed by atoms with E-state index in [0.717, 1.165) is 12.5 Å². The summed E-state index contributed by atoms with van der Waals surface area (Å²) in [5.41, 5.74) is 0. The highest BCUT2D eigenvalue weighted by Crippen LogP contribution is 2.39. The Kier molecular flexibility index (Phi) is 4.24. The highest BCUT2D eigenvalue weighted by atomic mass is 28.4. The number of benzene rings is 2. The van der Waals surface area contributed by atoms with Gasteiger partial charge in [-0.05, 0) is 34.2 Å². The Morgan fingerprint density at radius 1 is 0.864 bits per heavy atom. The Morgan fingerprint density at radius 3 is 1.68 bits per heavy atom. The molecule has 1 saturated carbocycles. The van der Waals surface area contributed by atoms with Gasteiger partial charge >= 0.3 is 0 Å². The minimum Gasteiger partial charge on any atom is -0.407 e. The molecular formula is C20H26OSi. The van der Waals surface area contributed by atoms with Gasteiger partial charge in [0.2, 0.25) is 0 Å². The summed E-state index contributed by atoms with van der Waals surface area (Å²) in [6, 6.07) is 21.8. The van der Waals surface area contributed by atoms with Crippen molar-refractivity contribution in [3.05, 3.63) is 60.7 Å². The maximum absolute atomic E-state index is 6.83. The summed E-state index contributed by atoms with van der Waals surface area (Å²) in [5, 5.41) is 2.87. The molecule has 2 aromatic carbocycles. The van der Waals surface area contributed by atoms with E-state index in [4.69, 9.17) is 4.43 Å². The van der Waals surface area contributed by atoms with E-state index in [9.17, 15) is 0 Å². The third-order valence-electron chi connectivity index (χ3n) is 4.65. The lowest BCUT2D eigenvalue weighted by atomic mass is 10.2. The fraction of sp³-hybridized carbons (Fsp3) is 0.400. The first-order chi connectivity index (χ1) is 10.5. The lowest BCUT2D eigenvalue weighted by Crippen LogP contribution is -2.66. The summed E-state index contributed by atoms with van der Waals surface area (Å²) >= 11 is 0. The van der Waals surface area contributed by atoms with Crippen LogP contribution in [0.5, 0.6) is 0 Å². The zero-order chi connectivity index (χ0) is 15.6. The molecule has 0 atom stereocenters. The van der Waals surface area contributed by atoms with E-state index < -0.39 is 8.32 Å². The van der Waals surface area contributed by atoms with Crippen molar-refractivity contribution < 1.29 is 4.43 Å². The summed E-state index contributed by atoms with van der Waals surface area (Å²) in [6.45, 7) is 7.93. The van der Waals surface area contributed by atoms with E-state index in [2.05, 4.69) is 81.4 Å². The highest BCUT2D eigenvalue weighted by molar-refractivity contribution is 6.99. The summed E-state index contributed by atoms with van der Waals surface area (Å²) in [6.07, 6.45) is 2.66. The van der Waals surface area contributed by atoms with E-state index in [1.54, 1.807) is 0 Å². The molecule has 0 aliphatic heterocycles. The van der Waals surface area contributed by atoms with Crippen LogP contribution in [0.25, 0.3) is 0 Å². The van der Waals surface area contributed by atoms with Gasteiger partial charge in [0.1, 0.15) is 0 Å². The van der Waals surface area contributed by atoms with Crippen molar-refractivity contribution in [2.45, 2.75) is 38.7 Å². The SMILES string of the molecule is CC(C)(C)[Si](OCC1CC1)(c1ccccc1)c1ccccc1. The van der Waals surface area contributed by atoms with Gasteiger partial charge < -0.3 is 4.43 Å². The van der Waals surface area contributed by atoms with Crippen LogP contribution < -0.4 is 10.4 Å². The largest absolute Gasteiger partial charge is 0.407 e. The van der Waals surface area contributed by atoms with E-state index in [1.807, 2.05) is 0 Å². The van der Waals surface area contributed by atoms with Crippen LogP contribution in [0.1, 0.15) is 33.6 Å². The van der Waals surface area contributed by atoms with Crippen LogP contribution in [0.3, 0.4) is 0 Å². The van der Waals surface area contributed by atoms with E-state index in [0.29, 0.717) is 0 Å². The van der Waals surface area contributed by atoms with Crippen LogP contribution in [-0.4, -0.2) is 14.9 Å². The van der Waals surface area contributed by atoms with Crippen LogP contribution in [0.4, 0.5) is 0 Å². The average molecular weight is 311 g/mol. The average Bonchev–Trinajstić information content (AvgIpc) is 3.33. The summed E-state index contributed by atoms with van der Waals surface area (Å²) in [7, 11) is -2.27. The predicted molar refractivity (Wildman–Crippen MR) is 96.3 cm³/mol. The molecule has 0 saturated heterocycles. The molecule has 22 heavy (non-hydrogen) atoms. The maximum Gasteiger partial charge on any atom is 0.261 e. The second kappa shape index (κ2) is 6.02. The van der Waals surface area contributed by atoms with Crippen LogP contribution in [0, 0.1) is 5.92 Å². The third-order valence-corrected chi connectivity index (χ3v) is 9.65. The van der Waals surface area contributed by atoms with Crippen molar-refractivity contribution in [3.63, 3.8) is 0 Å². The second-order valence-corrected chi connectivity index (χ2v) is 11.7. The third kappa shape index (κ3) is 2.90. The summed E-state index contributed by atoms with van der Waals surface area (Å²) in [4.78, 5) is 0. The molecule has 1 aliphatic carbocycles. The zero-order valence-electron chi connectivity index (χ0n) is 13.9. The number of hydrogen-bond acceptors (Lipinski definition) is 1. The highest BCUT2D eigenvalue weighted by Gasteiger charge is 2.50. The Morgan fingerprint density at radius 2 is 1.32 bits per heavy atom. The first-order valence-electron chi connectivity index (χ1n) is 8.29. The molecule has 3 rings (SSSR count). The Balaban J connectivity index is 2.12. The van der Waals surface area contributed by atoms with Crippen molar-refractivity contribution in [2.75, 3.05) is 6.61 Å². The van der Waals surface area contributed by atoms with E-state index in [-0.39, 0.29) is 5.04 Å². The molecule has 0 bridgehead atoms. The van der Waals surface area contributed by atoms with Crippen molar-refractivity contribution in [1.29, 1.82) is 0 Å². The minimum atomic E-state index is -2.27. The van der Waals surface area contributed by atoms with Crippen molar-refractivity contribution in [2.24, 2.45) is 5.92 Å². The standard InChI is InChI=1S/C20H26OSi/c1-20(2,3)22(21-16-17-14-15-17,18-10-6-4-7-11-18)19-12-8-5-9-13-19/h4-13,17H,14-16H2,1-3H3. The quantitative estimate of drug-likeness (QED) is 0.759. The van der Waals surface area contributed by atoms with Crippen LogP contribution in [0.15, 0.2) is 60.7 Å². The number of hydrogen-bond donors (Lipinski definition) is 0. The molecule has 0 aromatic heterocycles. The van der Waals surface area contributed by atoms with Gasteiger partial charge in [-0.25, -0.2) is 0 Å². The van der Waals surface area contributed by atoms with Gasteiger partial charge in [0.25, 0.3) is 8.32 Å². The molecular weight excluding hydrogens is 284 g/mol. The summed E-state index contributed by atoms with van der Waals surface area (Å²) in [5.74, 6) is 0.779. The lowest BCUT2D eigenvalue weighted by molar-refractivity contribution is 0.281. The normalized spacial score (nSPS) is 15.8. The molecule has 0 heterocycles. The fourth-order valence-corrected chi connectivity index (χ4v) is 7.93. The molecule has 0 unspecified atom stereocenters. The lowest BCUT2D eigenvalue weighted by Gasteiger charge is -2.43. The van der Waals surface area contributed by atoms with Crippen molar-refractivity contribution in [1.82, 2.24) is 0 Å². The van der Waals surface area contributed by atoms with Crippen molar-refractivity contribution >= 4 is 18.7 Å². The number of rotatable bonds is 5. The van der Waals surface area contributed by atoms with Gasteiger partial charge in [0.15, 0.2) is 0 Å². The van der Waals surface area contributed by atoms with Gasteiger partial charge in [-0.2, -0.15) is 0 Å². The Bertz CT molecular complexity index is 557. The summed E-state index contributed by atoms with van der Waals surface area (Å²) < 4.78 is 6.83. The first kappa shape index (κ1) is 15.5. The molecule has 1 aliphatic rings. The fourth-order valence-electron chi connectivity index (χ4n) is 3.29. The van der Waals surface area contributed by atoms with Crippen molar-refractivity contribution in [3.8, 4) is 0 Å².